The second kappa shape index (κ2) is 5.77. The smallest absolute Gasteiger partial charge is 0.266 e. The fraction of sp³-hybridized carbons (Fsp3) is 0.471. The molecule has 1 unspecified atom stereocenters. The van der Waals surface area contributed by atoms with Gasteiger partial charge < -0.3 is 10.1 Å². The van der Waals surface area contributed by atoms with E-state index in [1.165, 1.54) is 23.5 Å². The third-order valence-corrected chi connectivity index (χ3v) is 6.96. The first kappa shape index (κ1) is 16.7. The Kier molecular flexibility index (Phi) is 3.57. The van der Waals surface area contributed by atoms with Crippen LogP contribution in [0.2, 0.25) is 0 Å². The lowest BCUT2D eigenvalue weighted by Crippen LogP contribution is -2.52. The van der Waals surface area contributed by atoms with Crippen LogP contribution in [0.5, 0.6) is 0 Å². The third kappa shape index (κ3) is 2.71. The highest BCUT2D eigenvalue weighted by Gasteiger charge is 2.43. The van der Waals surface area contributed by atoms with Gasteiger partial charge in [0.15, 0.2) is 0 Å². The van der Waals surface area contributed by atoms with E-state index in [0.29, 0.717) is 17.9 Å². The Bertz CT molecular complexity index is 1030. The van der Waals surface area contributed by atoms with Crippen molar-refractivity contribution in [3.8, 4) is 5.69 Å². The number of nitrogens with zero attached hydrogens (tertiary/aromatic N) is 3. The predicted octanol–water partition coefficient (Wildman–Crippen LogP) is 1.21. The zero-order valence-electron chi connectivity index (χ0n) is 14.5. The van der Waals surface area contributed by atoms with Crippen molar-refractivity contribution in [1.82, 2.24) is 20.1 Å². The summed E-state index contributed by atoms with van der Waals surface area (Å²) >= 11 is 0. The van der Waals surface area contributed by atoms with E-state index in [2.05, 4.69) is 20.1 Å². The topological polar surface area (TPSA) is 115 Å². The second-order valence-corrected chi connectivity index (χ2v) is 8.98. The number of hydrogen-bond acceptors (Lipinski definition) is 6. The molecule has 3 heterocycles. The quantitative estimate of drug-likeness (QED) is 0.798. The SMILES string of the molecule is O=C(NC1CCOC2(CCC2)C1)c1ccc2c(c1)S(=O)(=O)Nc1ncnn1-2. The maximum absolute atomic E-state index is 12.7. The standard InChI is InChI=1S/C17H19N5O4S/c23-15(20-12-4-7-26-17(9-12)5-1-6-17)11-2-3-13-14(8-11)27(24,25)21-16-18-10-19-22(13)16/h2-3,8,10,12H,1,4-7,9H2,(H,20,23)(H,18,19,21). The van der Waals surface area contributed by atoms with E-state index >= 15 is 0 Å². The molecule has 1 saturated carbocycles. The highest BCUT2D eigenvalue weighted by atomic mass is 32.2. The predicted molar refractivity (Wildman–Crippen MR) is 95.2 cm³/mol. The molecule has 27 heavy (non-hydrogen) atoms. The summed E-state index contributed by atoms with van der Waals surface area (Å²) in [4.78, 5) is 16.6. The Morgan fingerprint density at radius 2 is 2.22 bits per heavy atom. The fourth-order valence-corrected chi connectivity index (χ4v) is 5.25. The summed E-state index contributed by atoms with van der Waals surface area (Å²) in [5.74, 6) is -0.147. The van der Waals surface area contributed by atoms with Crippen molar-refractivity contribution in [3.63, 3.8) is 0 Å². The minimum atomic E-state index is -3.80. The van der Waals surface area contributed by atoms with Gasteiger partial charge in [-0.2, -0.15) is 14.8 Å². The van der Waals surface area contributed by atoms with Gasteiger partial charge >= 0.3 is 0 Å². The first-order valence-electron chi connectivity index (χ1n) is 8.98. The van der Waals surface area contributed by atoms with Gasteiger partial charge in [0.05, 0.1) is 11.3 Å². The normalized spacial score (nSPS) is 24.2. The molecule has 1 aromatic heterocycles. The highest BCUT2D eigenvalue weighted by Crippen LogP contribution is 2.42. The Morgan fingerprint density at radius 3 is 3.00 bits per heavy atom. The van der Waals surface area contributed by atoms with Crippen molar-refractivity contribution in [2.75, 3.05) is 11.3 Å². The molecule has 142 valence electrons. The van der Waals surface area contributed by atoms with Gasteiger partial charge in [-0.25, -0.2) is 13.1 Å². The van der Waals surface area contributed by atoms with Gasteiger partial charge in [-0.05, 0) is 50.3 Å². The van der Waals surface area contributed by atoms with Crippen LogP contribution in [-0.2, 0) is 14.8 Å². The van der Waals surface area contributed by atoms with Crippen LogP contribution in [0.3, 0.4) is 0 Å². The number of benzene rings is 1. The zero-order valence-corrected chi connectivity index (χ0v) is 15.3. The maximum Gasteiger partial charge on any atom is 0.266 e. The minimum Gasteiger partial charge on any atom is -0.375 e. The van der Waals surface area contributed by atoms with Crippen LogP contribution in [0.25, 0.3) is 5.69 Å². The van der Waals surface area contributed by atoms with Gasteiger partial charge in [0.1, 0.15) is 11.2 Å². The summed E-state index contributed by atoms with van der Waals surface area (Å²) in [5.41, 5.74) is 0.608. The first-order chi connectivity index (χ1) is 13.0. The van der Waals surface area contributed by atoms with Crippen molar-refractivity contribution >= 4 is 21.9 Å². The van der Waals surface area contributed by atoms with E-state index in [-0.39, 0.29) is 28.4 Å². The van der Waals surface area contributed by atoms with Crippen LogP contribution in [0.4, 0.5) is 5.95 Å². The average Bonchev–Trinajstić information content (AvgIpc) is 3.08. The number of carbonyl (C=O) groups is 1. The Labute approximate surface area is 156 Å². The number of amides is 1. The van der Waals surface area contributed by atoms with Crippen molar-refractivity contribution in [3.05, 3.63) is 30.1 Å². The second-order valence-electron chi connectivity index (χ2n) is 7.33. The largest absolute Gasteiger partial charge is 0.375 e. The molecule has 1 amide bonds. The van der Waals surface area contributed by atoms with E-state index < -0.39 is 10.0 Å². The van der Waals surface area contributed by atoms with Crippen molar-refractivity contribution in [2.24, 2.45) is 0 Å². The van der Waals surface area contributed by atoms with Crippen molar-refractivity contribution < 1.29 is 17.9 Å². The first-order valence-corrected chi connectivity index (χ1v) is 10.5. The van der Waals surface area contributed by atoms with Crippen LogP contribution in [0.1, 0.15) is 42.5 Å². The molecule has 1 saturated heterocycles. The van der Waals surface area contributed by atoms with E-state index in [1.807, 2.05) is 0 Å². The van der Waals surface area contributed by atoms with Crippen LogP contribution < -0.4 is 10.0 Å². The number of nitrogens with one attached hydrogen (secondary N) is 2. The van der Waals surface area contributed by atoms with Gasteiger partial charge in [0.25, 0.3) is 15.9 Å². The summed E-state index contributed by atoms with van der Waals surface area (Å²) in [6.45, 7) is 0.641. The summed E-state index contributed by atoms with van der Waals surface area (Å²) < 4.78 is 34.6. The molecule has 2 fully saturated rings. The zero-order chi connectivity index (χ0) is 18.6. The van der Waals surface area contributed by atoms with Gasteiger partial charge in [-0.15, -0.1) is 0 Å². The molecule has 5 rings (SSSR count). The average molecular weight is 389 g/mol. The molecular formula is C17H19N5O4S. The molecule has 2 N–H and O–H groups in total. The Hall–Kier alpha value is -2.46. The lowest BCUT2D eigenvalue weighted by atomic mass is 9.74. The molecular weight excluding hydrogens is 370 g/mol. The van der Waals surface area contributed by atoms with Gasteiger partial charge in [-0.3, -0.25) is 4.79 Å². The third-order valence-electron chi connectivity index (χ3n) is 5.61. The molecule has 1 atom stereocenters. The number of aromatic nitrogens is 3. The van der Waals surface area contributed by atoms with E-state index in [4.69, 9.17) is 4.74 Å². The molecule has 0 radical (unpaired) electrons. The number of hydrogen-bond donors (Lipinski definition) is 2. The fourth-order valence-electron chi connectivity index (χ4n) is 4.05. The summed E-state index contributed by atoms with van der Waals surface area (Å²) in [6.07, 6.45) is 6.10. The van der Waals surface area contributed by atoms with Crippen molar-refractivity contribution in [1.29, 1.82) is 0 Å². The molecule has 3 aliphatic rings. The van der Waals surface area contributed by atoms with Crippen LogP contribution in [0.15, 0.2) is 29.4 Å². The number of carbonyl (C=O) groups excluding carboxylic acids is 1. The van der Waals surface area contributed by atoms with Crippen LogP contribution in [0, 0.1) is 0 Å². The van der Waals surface area contributed by atoms with E-state index in [9.17, 15) is 13.2 Å². The van der Waals surface area contributed by atoms with Crippen LogP contribution in [-0.4, -0.2) is 47.3 Å². The Balaban J connectivity index is 1.41. The molecule has 2 aliphatic heterocycles. The monoisotopic (exact) mass is 389 g/mol. The Morgan fingerprint density at radius 1 is 1.37 bits per heavy atom. The summed E-state index contributed by atoms with van der Waals surface area (Å²) in [5, 5.41) is 7.07. The molecule has 0 bridgehead atoms. The molecule has 9 nitrogen and oxygen atoms in total. The van der Waals surface area contributed by atoms with Gasteiger partial charge in [0.2, 0.25) is 5.95 Å². The minimum absolute atomic E-state index is 0.00981. The summed E-state index contributed by atoms with van der Waals surface area (Å²) in [6, 6.07) is 4.62. The molecule has 1 aromatic carbocycles. The molecule has 10 heteroatoms. The highest BCUT2D eigenvalue weighted by molar-refractivity contribution is 7.93. The van der Waals surface area contributed by atoms with Crippen molar-refractivity contribution in [2.45, 2.75) is 48.6 Å². The number of fused-ring (bicyclic) bond motifs is 3. The summed E-state index contributed by atoms with van der Waals surface area (Å²) in [7, 11) is -3.80. The number of anilines is 1. The number of rotatable bonds is 2. The van der Waals surface area contributed by atoms with E-state index in [1.54, 1.807) is 12.1 Å². The molecule has 1 spiro atoms. The van der Waals surface area contributed by atoms with E-state index in [0.717, 1.165) is 25.7 Å². The number of ether oxygens (including phenoxy) is 1. The lowest BCUT2D eigenvalue weighted by molar-refractivity contribution is -0.134. The molecule has 1 aliphatic carbocycles. The number of sulfonamides is 1. The van der Waals surface area contributed by atoms with Gasteiger partial charge in [-0.1, -0.05) is 0 Å². The van der Waals surface area contributed by atoms with Gasteiger partial charge in [0, 0.05) is 18.2 Å². The molecule has 2 aromatic rings. The lowest BCUT2D eigenvalue weighted by Gasteiger charge is -2.47. The maximum atomic E-state index is 12.7. The van der Waals surface area contributed by atoms with Crippen LogP contribution >= 0.6 is 0 Å².